The second-order valence-corrected chi connectivity index (χ2v) is 7.55. The zero-order valence-corrected chi connectivity index (χ0v) is 17.2. The number of fused-ring (bicyclic) bond motifs is 1. The molecule has 0 bridgehead atoms. The Morgan fingerprint density at radius 2 is 1.75 bits per heavy atom. The molecule has 0 spiro atoms. The van der Waals surface area contributed by atoms with Crippen molar-refractivity contribution in [2.24, 2.45) is 0 Å². The standard InChI is InChI=1S/C23H21F2N3O4/c1-32-9-8-27-13-18(28-21(23(27)31)22(30)19(29)12-26-28)20(14-4-2-6-16(24)10-14)15-5-3-7-17(25)11-15/h2-7,10-12,18,20,30H,8-9,13H2,1H3/t18-/m1/s1. The number of aromatic hydroxyl groups is 1. The smallest absolute Gasteiger partial charge is 0.276 e. The number of rotatable bonds is 6. The van der Waals surface area contributed by atoms with Crippen LogP contribution in [0, 0.1) is 11.6 Å². The molecule has 7 nitrogen and oxygen atoms in total. The molecule has 0 aliphatic carbocycles. The number of aromatic nitrogens is 2. The van der Waals surface area contributed by atoms with Gasteiger partial charge in [0.2, 0.25) is 5.43 Å². The number of halogens is 2. The van der Waals surface area contributed by atoms with E-state index in [1.807, 2.05) is 0 Å². The van der Waals surface area contributed by atoms with Crippen LogP contribution in [0.4, 0.5) is 8.78 Å². The summed E-state index contributed by atoms with van der Waals surface area (Å²) in [6.45, 7) is 0.559. The molecule has 0 radical (unpaired) electrons. The Kier molecular flexibility index (Phi) is 6.00. The van der Waals surface area contributed by atoms with Crippen LogP contribution in [0.25, 0.3) is 0 Å². The summed E-state index contributed by atoms with van der Waals surface area (Å²) in [5.41, 5.74) is 0.0211. The van der Waals surface area contributed by atoms with E-state index < -0.39 is 40.7 Å². The Hall–Kier alpha value is -3.59. The summed E-state index contributed by atoms with van der Waals surface area (Å²) < 4.78 is 34.7. The fourth-order valence-electron chi connectivity index (χ4n) is 4.12. The van der Waals surface area contributed by atoms with Gasteiger partial charge in [0.05, 0.1) is 18.8 Å². The van der Waals surface area contributed by atoms with Gasteiger partial charge in [-0.25, -0.2) is 8.78 Å². The highest BCUT2D eigenvalue weighted by Crippen LogP contribution is 2.39. The van der Waals surface area contributed by atoms with Gasteiger partial charge in [0, 0.05) is 26.1 Å². The molecule has 32 heavy (non-hydrogen) atoms. The summed E-state index contributed by atoms with van der Waals surface area (Å²) in [6.07, 6.45) is 0.929. The normalized spacial score (nSPS) is 15.8. The average Bonchev–Trinajstić information content (AvgIpc) is 2.77. The molecular formula is C23H21F2N3O4. The monoisotopic (exact) mass is 441 g/mol. The number of hydrogen-bond donors (Lipinski definition) is 1. The molecule has 0 saturated heterocycles. The molecule has 0 unspecified atom stereocenters. The maximum absolute atomic E-state index is 14.1. The topological polar surface area (TPSA) is 84.7 Å². The van der Waals surface area contributed by atoms with Crippen molar-refractivity contribution >= 4 is 5.91 Å². The molecule has 9 heteroatoms. The van der Waals surface area contributed by atoms with Crippen LogP contribution in [-0.2, 0) is 4.74 Å². The van der Waals surface area contributed by atoms with Crippen molar-refractivity contribution in [2.45, 2.75) is 12.0 Å². The van der Waals surface area contributed by atoms with Crippen molar-refractivity contribution in [1.29, 1.82) is 0 Å². The molecule has 2 aromatic carbocycles. The van der Waals surface area contributed by atoms with E-state index in [4.69, 9.17) is 4.74 Å². The van der Waals surface area contributed by atoms with E-state index in [1.165, 1.54) is 41.0 Å². The van der Waals surface area contributed by atoms with Gasteiger partial charge in [-0.1, -0.05) is 24.3 Å². The molecule has 1 atom stereocenters. The molecule has 4 rings (SSSR count). The van der Waals surface area contributed by atoms with Gasteiger partial charge in [-0.05, 0) is 35.4 Å². The quantitative estimate of drug-likeness (QED) is 0.636. The minimum atomic E-state index is -0.787. The number of ether oxygens (including phenoxy) is 1. The van der Waals surface area contributed by atoms with E-state index >= 15 is 0 Å². The first-order chi connectivity index (χ1) is 15.4. The highest BCUT2D eigenvalue weighted by molar-refractivity contribution is 5.95. The van der Waals surface area contributed by atoms with Gasteiger partial charge in [-0.15, -0.1) is 0 Å². The van der Waals surface area contributed by atoms with Crippen molar-refractivity contribution in [2.75, 3.05) is 26.8 Å². The third kappa shape index (κ3) is 3.99. The van der Waals surface area contributed by atoms with Crippen LogP contribution in [0.1, 0.15) is 33.6 Å². The molecule has 1 amide bonds. The number of nitrogens with zero attached hydrogens (tertiary/aromatic N) is 3. The van der Waals surface area contributed by atoms with Crippen LogP contribution in [0.5, 0.6) is 5.75 Å². The van der Waals surface area contributed by atoms with Gasteiger partial charge in [0.25, 0.3) is 5.91 Å². The Balaban J connectivity index is 1.93. The molecule has 0 saturated carbocycles. The maximum atomic E-state index is 14.1. The summed E-state index contributed by atoms with van der Waals surface area (Å²) in [4.78, 5) is 26.5. The molecule has 2 heterocycles. The first kappa shape index (κ1) is 21.6. The maximum Gasteiger partial charge on any atom is 0.276 e. The van der Waals surface area contributed by atoms with Gasteiger partial charge in [0.1, 0.15) is 11.6 Å². The Labute approximate surface area is 182 Å². The highest BCUT2D eigenvalue weighted by Gasteiger charge is 2.39. The van der Waals surface area contributed by atoms with Crippen LogP contribution < -0.4 is 5.43 Å². The fraction of sp³-hybridized carbons (Fsp3) is 0.261. The summed E-state index contributed by atoms with van der Waals surface area (Å²) in [5, 5.41) is 14.5. The predicted octanol–water partition coefficient (Wildman–Crippen LogP) is 2.70. The van der Waals surface area contributed by atoms with Crippen LogP contribution in [-0.4, -0.2) is 52.5 Å². The summed E-state index contributed by atoms with van der Waals surface area (Å²) in [7, 11) is 1.49. The van der Waals surface area contributed by atoms with Crippen molar-refractivity contribution < 1.29 is 23.4 Å². The van der Waals surface area contributed by atoms with Gasteiger partial charge in [0.15, 0.2) is 11.4 Å². The van der Waals surface area contributed by atoms with Crippen molar-refractivity contribution in [3.8, 4) is 5.75 Å². The van der Waals surface area contributed by atoms with Crippen molar-refractivity contribution in [3.05, 3.63) is 93.4 Å². The molecule has 1 aliphatic rings. The van der Waals surface area contributed by atoms with Crippen LogP contribution >= 0.6 is 0 Å². The predicted molar refractivity (Wildman–Crippen MR) is 112 cm³/mol. The summed E-state index contributed by atoms with van der Waals surface area (Å²) >= 11 is 0. The minimum absolute atomic E-state index is 0.127. The lowest BCUT2D eigenvalue weighted by Gasteiger charge is -2.39. The van der Waals surface area contributed by atoms with Gasteiger partial charge in [-0.3, -0.25) is 14.3 Å². The molecule has 1 aromatic heterocycles. The number of benzene rings is 2. The van der Waals surface area contributed by atoms with E-state index in [0.717, 1.165) is 6.20 Å². The number of carbonyl (C=O) groups is 1. The van der Waals surface area contributed by atoms with E-state index in [2.05, 4.69) is 5.10 Å². The summed E-state index contributed by atoms with van der Waals surface area (Å²) in [6, 6.07) is 11.1. The third-order valence-corrected chi connectivity index (χ3v) is 5.56. The van der Waals surface area contributed by atoms with E-state index in [-0.39, 0.29) is 25.4 Å². The van der Waals surface area contributed by atoms with E-state index in [0.29, 0.717) is 11.1 Å². The van der Waals surface area contributed by atoms with Crippen molar-refractivity contribution in [3.63, 3.8) is 0 Å². The number of hydrogen-bond acceptors (Lipinski definition) is 5. The lowest BCUT2D eigenvalue weighted by Crippen LogP contribution is -2.48. The fourth-order valence-corrected chi connectivity index (χ4v) is 4.12. The third-order valence-electron chi connectivity index (χ3n) is 5.56. The van der Waals surface area contributed by atoms with Crippen LogP contribution in [0.3, 0.4) is 0 Å². The van der Waals surface area contributed by atoms with Gasteiger partial charge < -0.3 is 14.7 Å². The Bertz CT molecular complexity index is 1170. The van der Waals surface area contributed by atoms with E-state index in [9.17, 15) is 23.5 Å². The van der Waals surface area contributed by atoms with Crippen LogP contribution in [0.2, 0.25) is 0 Å². The molecule has 3 aromatic rings. The zero-order valence-electron chi connectivity index (χ0n) is 17.2. The van der Waals surface area contributed by atoms with E-state index in [1.54, 1.807) is 24.3 Å². The Morgan fingerprint density at radius 1 is 1.12 bits per heavy atom. The molecule has 1 N–H and O–H groups in total. The van der Waals surface area contributed by atoms with Gasteiger partial charge in [-0.2, -0.15) is 5.10 Å². The van der Waals surface area contributed by atoms with Crippen LogP contribution in [0.15, 0.2) is 59.5 Å². The lowest BCUT2D eigenvalue weighted by molar-refractivity contribution is 0.0565. The minimum Gasteiger partial charge on any atom is -0.502 e. The molecular weight excluding hydrogens is 420 g/mol. The largest absolute Gasteiger partial charge is 0.502 e. The second-order valence-electron chi connectivity index (χ2n) is 7.55. The average molecular weight is 441 g/mol. The summed E-state index contributed by atoms with van der Waals surface area (Å²) in [5.74, 6) is -2.86. The number of amides is 1. The highest BCUT2D eigenvalue weighted by atomic mass is 19.1. The SMILES string of the molecule is COCCN1C[C@H](C(c2cccc(F)c2)c2cccc(F)c2)n2ncc(=O)c(O)c2C1=O. The van der Waals surface area contributed by atoms with Gasteiger partial charge >= 0.3 is 0 Å². The lowest BCUT2D eigenvalue weighted by atomic mass is 9.83. The molecule has 0 fully saturated rings. The zero-order chi connectivity index (χ0) is 22.8. The number of methoxy groups -OCH3 is 1. The second kappa shape index (κ2) is 8.88. The molecule has 1 aliphatic heterocycles. The van der Waals surface area contributed by atoms with Crippen molar-refractivity contribution in [1.82, 2.24) is 14.7 Å². The Morgan fingerprint density at radius 3 is 2.31 bits per heavy atom. The first-order valence-corrected chi connectivity index (χ1v) is 10.0. The first-order valence-electron chi connectivity index (χ1n) is 10.0. The number of carbonyl (C=O) groups excluding carboxylic acids is 1. The molecule has 166 valence electrons.